The van der Waals surface area contributed by atoms with Crippen LogP contribution in [-0.4, -0.2) is 29.8 Å². The van der Waals surface area contributed by atoms with E-state index in [0.717, 1.165) is 12.0 Å². The Morgan fingerprint density at radius 1 is 1.00 bits per heavy atom. The monoisotopic (exact) mass is 378 g/mol. The number of hydrogen-bond acceptors (Lipinski definition) is 2. The zero-order valence-corrected chi connectivity index (χ0v) is 15.5. The van der Waals surface area contributed by atoms with Crippen LogP contribution in [0.1, 0.15) is 18.9 Å². The highest BCUT2D eigenvalue weighted by atomic mass is 35.5. The van der Waals surface area contributed by atoms with E-state index in [0.29, 0.717) is 28.8 Å². The average Bonchev–Trinajstić information content (AvgIpc) is 2.59. The summed E-state index contributed by atoms with van der Waals surface area (Å²) < 4.78 is 0. The van der Waals surface area contributed by atoms with Crippen molar-refractivity contribution in [2.45, 2.75) is 19.8 Å². The minimum absolute atomic E-state index is 0.0514. The number of nitrogens with one attached hydrogen (secondary N) is 1. The summed E-state index contributed by atoms with van der Waals surface area (Å²) in [6.45, 7) is 2.44. The third kappa shape index (κ3) is 6.07. The lowest BCUT2D eigenvalue weighted by atomic mass is 10.1. The van der Waals surface area contributed by atoms with Crippen molar-refractivity contribution < 1.29 is 9.59 Å². The van der Waals surface area contributed by atoms with E-state index in [4.69, 9.17) is 23.2 Å². The summed E-state index contributed by atoms with van der Waals surface area (Å²) in [5, 5.41) is 3.42. The first kappa shape index (κ1) is 19.3. The zero-order valence-electron chi connectivity index (χ0n) is 14.0. The van der Waals surface area contributed by atoms with Crippen molar-refractivity contribution in [3.63, 3.8) is 0 Å². The maximum Gasteiger partial charge on any atom is 0.226 e. The standard InChI is InChI=1S/C19H20Cl2N2O2/c1-14(24)23(12-10-15-6-3-2-4-7-15)13-11-18(25)22-17-9-5-8-16(20)19(17)21/h2-9H,10-13H2,1H3,(H,22,25). The molecule has 6 heteroatoms. The predicted molar refractivity (Wildman–Crippen MR) is 102 cm³/mol. The van der Waals surface area contributed by atoms with E-state index in [1.54, 1.807) is 23.1 Å². The Morgan fingerprint density at radius 2 is 1.72 bits per heavy atom. The minimum atomic E-state index is -0.213. The lowest BCUT2D eigenvalue weighted by Crippen LogP contribution is -2.33. The van der Waals surface area contributed by atoms with E-state index < -0.39 is 0 Å². The second kappa shape index (κ2) is 9.44. The molecule has 1 N–H and O–H groups in total. The van der Waals surface area contributed by atoms with Gasteiger partial charge in [-0.1, -0.05) is 59.6 Å². The Bertz CT molecular complexity index is 735. The molecule has 0 saturated carbocycles. The third-order valence-electron chi connectivity index (χ3n) is 3.79. The van der Waals surface area contributed by atoms with Crippen molar-refractivity contribution in [1.29, 1.82) is 0 Å². The van der Waals surface area contributed by atoms with Crippen LogP contribution in [0.3, 0.4) is 0 Å². The number of carbonyl (C=O) groups excluding carboxylic acids is 2. The van der Waals surface area contributed by atoms with Gasteiger partial charge in [0.15, 0.2) is 0 Å². The van der Waals surface area contributed by atoms with Gasteiger partial charge in [-0.05, 0) is 24.1 Å². The minimum Gasteiger partial charge on any atom is -0.342 e. The summed E-state index contributed by atoms with van der Waals surface area (Å²) in [7, 11) is 0. The molecule has 0 atom stereocenters. The molecule has 0 aliphatic carbocycles. The molecule has 0 aliphatic rings. The van der Waals surface area contributed by atoms with Gasteiger partial charge < -0.3 is 10.2 Å². The van der Waals surface area contributed by atoms with Crippen LogP contribution in [0, 0.1) is 0 Å². The molecule has 25 heavy (non-hydrogen) atoms. The molecule has 0 aliphatic heterocycles. The Balaban J connectivity index is 1.86. The van der Waals surface area contributed by atoms with E-state index >= 15 is 0 Å². The average molecular weight is 379 g/mol. The molecule has 4 nitrogen and oxygen atoms in total. The Morgan fingerprint density at radius 3 is 2.40 bits per heavy atom. The number of anilines is 1. The molecule has 0 spiro atoms. The van der Waals surface area contributed by atoms with Crippen LogP contribution in [0.2, 0.25) is 10.0 Å². The van der Waals surface area contributed by atoms with Crippen LogP contribution < -0.4 is 5.32 Å². The SMILES string of the molecule is CC(=O)N(CCC(=O)Nc1cccc(Cl)c1Cl)CCc1ccccc1. The Kier molecular flexibility index (Phi) is 7.29. The van der Waals surface area contributed by atoms with Crippen molar-refractivity contribution >= 4 is 40.7 Å². The van der Waals surface area contributed by atoms with Crippen LogP contribution in [-0.2, 0) is 16.0 Å². The molecular formula is C19H20Cl2N2O2. The van der Waals surface area contributed by atoms with Gasteiger partial charge >= 0.3 is 0 Å². The maximum atomic E-state index is 12.1. The van der Waals surface area contributed by atoms with Gasteiger partial charge in [-0.3, -0.25) is 9.59 Å². The van der Waals surface area contributed by atoms with Crippen molar-refractivity contribution in [2.75, 3.05) is 18.4 Å². The summed E-state index contributed by atoms with van der Waals surface area (Å²) in [6, 6.07) is 15.0. The van der Waals surface area contributed by atoms with Gasteiger partial charge in [0.05, 0.1) is 15.7 Å². The smallest absolute Gasteiger partial charge is 0.226 e. The van der Waals surface area contributed by atoms with E-state index in [1.807, 2.05) is 30.3 Å². The Hall–Kier alpha value is -2.04. The number of hydrogen-bond donors (Lipinski definition) is 1. The lowest BCUT2D eigenvalue weighted by Gasteiger charge is -2.21. The van der Waals surface area contributed by atoms with Gasteiger partial charge in [0.25, 0.3) is 0 Å². The molecule has 2 amide bonds. The number of benzene rings is 2. The summed E-state index contributed by atoms with van der Waals surface area (Å²) in [5.74, 6) is -0.264. The molecule has 132 valence electrons. The van der Waals surface area contributed by atoms with Crippen LogP contribution in [0.15, 0.2) is 48.5 Å². The van der Waals surface area contributed by atoms with Crippen molar-refractivity contribution in [1.82, 2.24) is 4.90 Å². The zero-order chi connectivity index (χ0) is 18.2. The molecule has 0 saturated heterocycles. The highest BCUT2D eigenvalue weighted by molar-refractivity contribution is 6.43. The molecule has 2 aromatic carbocycles. The van der Waals surface area contributed by atoms with Gasteiger partial charge in [-0.15, -0.1) is 0 Å². The van der Waals surface area contributed by atoms with Crippen LogP contribution in [0.5, 0.6) is 0 Å². The molecule has 2 aromatic rings. The number of halogens is 2. The van der Waals surface area contributed by atoms with Gasteiger partial charge in [0.2, 0.25) is 11.8 Å². The highest BCUT2D eigenvalue weighted by Gasteiger charge is 2.13. The van der Waals surface area contributed by atoms with Gasteiger partial charge in [-0.25, -0.2) is 0 Å². The lowest BCUT2D eigenvalue weighted by molar-refractivity contribution is -0.129. The number of amides is 2. The van der Waals surface area contributed by atoms with Gasteiger partial charge in [0, 0.05) is 26.4 Å². The molecule has 0 bridgehead atoms. The summed E-state index contributed by atoms with van der Waals surface area (Å²) in [5.41, 5.74) is 1.63. The van der Waals surface area contributed by atoms with Gasteiger partial charge in [0.1, 0.15) is 0 Å². The third-order valence-corrected chi connectivity index (χ3v) is 4.61. The van der Waals surface area contributed by atoms with E-state index in [2.05, 4.69) is 5.32 Å². The summed E-state index contributed by atoms with van der Waals surface area (Å²) >= 11 is 12.0. The van der Waals surface area contributed by atoms with Crippen molar-refractivity contribution in [2.24, 2.45) is 0 Å². The van der Waals surface area contributed by atoms with E-state index in [9.17, 15) is 9.59 Å². The van der Waals surface area contributed by atoms with Crippen molar-refractivity contribution in [3.05, 3.63) is 64.1 Å². The van der Waals surface area contributed by atoms with Crippen LogP contribution in [0.25, 0.3) is 0 Å². The summed E-state index contributed by atoms with van der Waals surface area (Å²) in [6.07, 6.45) is 0.944. The largest absolute Gasteiger partial charge is 0.342 e. The fraction of sp³-hybridized carbons (Fsp3) is 0.263. The first-order valence-corrected chi connectivity index (χ1v) is 8.76. The van der Waals surface area contributed by atoms with Crippen molar-refractivity contribution in [3.8, 4) is 0 Å². The fourth-order valence-electron chi connectivity index (χ4n) is 2.38. The maximum absolute atomic E-state index is 12.1. The quantitative estimate of drug-likeness (QED) is 0.775. The van der Waals surface area contributed by atoms with Crippen LogP contribution >= 0.6 is 23.2 Å². The van der Waals surface area contributed by atoms with E-state index in [1.165, 1.54) is 6.92 Å². The molecule has 0 unspecified atom stereocenters. The van der Waals surface area contributed by atoms with E-state index in [-0.39, 0.29) is 18.2 Å². The molecule has 0 aromatic heterocycles. The number of carbonyl (C=O) groups is 2. The number of nitrogens with zero attached hydrogens (tertiary/aromatic N) is 1. The molecule has 0 heterocycles. The second-order valence-corrected chi connectivity index (χ2v) is 6.43. The summed E-state index contributed by atoms with van der Waals surface area (Å²) in [4.78, 5) is 25.6. The van der Waals surface area contributed by atoms with Gasteiger partial charge in [-0.2, -0.15) is 0 Å². The molecule has 0 radical (unpaired) electrons. The normalized spacial score (nSPS) is 10.4. The predicted octanol–water partition coefficient (Wildman–Crippen LogP) is 4.41. The topological polar surface area (TPSA) is 49.4 Å². The molecule has 0 fully saturated rings. The number of rotatable bonds is 7. The highest BCUT2D eigenvalue weighted by Crippen LogP contribution is 2.29. The first-order chi connectivity index (χ1) is 12.0. The molecular weight excluding hydrogens is 359 g/mol. The fourth-order valence-corrected chi connectivity index (χ4v) is 2.73. The first-order valence-electron chi connectivity index (χ1n) is 8.00. The van der Waals surface area contributed by atoms with Crippen LogP contribution in [0.4, 0.5) is 5.69 Å². The molecule has 2 rings (SSSR count). The Labute approximate surface area is 157 Å². The second-order valence-electron chi connectivity index (χ2n) is 5.64.